The van der Waals surface area contributed by atoms with Gasteiger partial charge in [-0.2, -0.15) is 0 Å². The van der Waals surface area contributed by atoms with Crippen LogP contribution in [0, 0.1) is 44.6 Å². The number of aromatic nitrogens is 1. The van der Waals surface area contributed by atoms with E-state index in [9.17, 15) is 9.90 Å². The van der Waals surface area contributed by atoms with Crippen LogP contribution in [0.15, 0.2) is 48.2 Å². The normalized spacial score (nSPS) is 12.0. The Labute approximate surface area is 219 Å². The van der Waals surface area contributed by atoms with Gasteiger partial charge in [-0.05, 0) is 30.1 Å². The van der Waals surface area contributed by atoms with E-state index in [2.05, 4.69) is 70.2 Å². The minimum Gasteiger partial charge on any atom is -0.512 e. The molecule has 1 N–H and O–H groups in total. The van der Waals surface area contributed by atoms with E-state index in [4.69, 9.17) is 4.98 Å². The molecule has 0 fully saturated rings. The molecule has 0 unspecified atom stereocenters. The number of aliphatic hydroxyl groups excluding tert-OH is 1. The molecular weight excluding hydrogens is 599 g/mol. The molecule has 3 rings (SSSR count). The summed E-state index contributed by atoms with van der Waals surface area (Å²) in [6.07, 6.45) is 1.33. The fraction of sp³-hybridized carbons (Fsp3) is 0.400. The molecule has 1 heterocycles. The monoisotopic (exact) mass is 637 g/mol. The van der Waals surface area contributed by atoms with Crippen molar-refractivity contribution in [3.63, 3.8) is 0 Å². The Morgan fingerprint density at radius 3 is 2.09 bits per heavy atom. The Bertz CT molecular complexity index is 1190. The first-order chi connectivity index (χ1) is 15.1. The van der Waals surface area contributed by atoms with Gasteiger partial charge in [0, 0.05) is 37.0 Å². The number of nitrogens with zero attached hydrogens (tertiary/aromatic N) is 1. The van der Waals surface area contributed by atoms with E-state index in [-0.39, 0.29) is 37.1 Å². The minimum absolute atomic E-state index is 0. The summed E-state index contributed by atoms with van der Waals surface area (Å²) in [6, 6.07) is 16.0. The standard InChI is InChI=1S/C19H18N.C11H20O2.Ir/c1-12-5-9-18-16(11-12)7-10-19(20-18)17-8-6-13(2)14(3)15(17)4;1-10(2,3)8(12)7-9(13)11(4,5)6;/h5-7,9-11H,1-4H3;7,12H,1-6H3;/q-1;;/b;8-7-;. The third kappa shape index (κ3) is 7.61. The van der Waals surface area contributed by atoms with Gasteiger partial charge in [0.25, 0.3) is 0 Å². The Morgan fingerprint density at radius 2 is 1.53 bits per heavy atom. The smallest absolute Gasteiger partial charge is 0.164 e. The van der Waals surface area contributed by atoms with Crippen LogP contribution >= 0.6 is 0 Å². The summed E-state index contributed by atoms with van der Waals surface area (Å²) in [5.74, 6) is 0.104. The molecule has 34 heavy (non-hydrogen) atoms. The molecule has 1 aromatic heterocycles. The zero-order valence-electron chi connectivity index (χ0n) is 22.2. The fourth-order valence-corrected chi connectivity index (χ4v) is 3.09. The fourth-order valence-electron chi connectivity index (χ4n) is 3.09. The summed E-state index contributed by atoms with van der Waals surface area (Å²) in [7, 11) is 0. The van der Waals surface area contributed by atoms with Gasteiger partial charge in [-0.3, -0.25) is 9.78 Å². The Morgan fingerprint density at radius 1 is 0.912 bits per heavy atom. The van der Waals surface area contributed by atoms with E-state index >= 15 is 0 Å². The Kier molecular flexibility index (Phi) is 9.99. The second kappa shape index (κ2) is 11.4. The third-order valence-corrected chi connectivity index (χ3v) is 5.84. The molecule has 2 aromatic carbocycles. The molecule has 0 atom stereocenters. The predicted molar refractivity (Wildman–Crippen MR) is 140 cm³/mol. The van der Waals surface area contributed by atoms with Crippen molar-refractivity contribution in [2.75, 3.05) is 0 Å². The molecule has 185 valence electrons. The van der Waals surface area contributed by atoms with Crippen LogP contribution < -0.4 is 0 Å². The van der Waals surface area contributed by atoms with E-state index in [1.165, 1.54) is 33.7 Å². The third-order valence-electron chi connectivity index (χ3n) is 5.84. The van der Waals surface area contributed by atoms with Crippen molar-refractivity contribution in [2.24, 2.45) is 10.8 Å². The number of pyridine rings is 1. The summed E-state index contributed by atoms with van der Waals surface area (Å²) in [5.41, 5.74) is 7.52. The van der Waals surface area contributed by atoms with Gasteiger partial charge in [-0.25, -0.2) is 0 Å². The number of hydrogen-bond donors (Lipinski definition) is 1. The van der Waals surface area contributed by atoms with Crippen molar-refractivity contribution in [1.29, 1.82) is 0 Å². The van der Waals surface area contributed by atoms with Crippen LogP contribution in [-0.4, -0.2) is 15.9 Å². The first-order valence-electron chi connectivity index (χ1n) is 11.4. The van der Waals surface area contributed by atoms with E-state index in [1.54, 1.807) is 0 Å². The number of carbonyl (C=O) groups excluding carboxylic acids is 1. The largest absolute Gasteiger partial charge is 0.512 e. The van der Waals surface area contributed by atoms with E-state index in [0.29, 0.717) is 0 Å². The summed E-state index contributed by atoms with van der Waals surface area (Å²) in [4.78, 5) is 16.3. The summed E-state index contributed by atoms with van der Waals surface area (Å²) in [5, 5.41) is 10.7. The van der Waals surface area contributed by atoms with Gasteiger partial charge >= 0.3 is 0 Å². The molecular formula is C30H38IrNO2-. The van der Waals surface area contributed by atoms with E-state index in [1.807, 2.05) is 41.5 Å². The number of aliphatic hydroxyl groups is 1. The van der Waals surface area contributed by atoms with Gasteiger partial charge in [0.15, 0.2) is 5.78 Å². The van der Waals surface area contributed by atoms with Gasteiger partial charge in [-0.1, -0.05) is 86.1 Å². The first-order valence-corrected chi connectivity index (χ1v) is 11.4. The molecule has 0 aliphatic rings. The number of ketones is 1. The van der Waals surface area contributed by atoms with Gasteiger partial charge < -0.3 is 5.11 Å². The van der Waals surface area contributed by atoms with Crippen molar-refractivity contribution in [1.82, 2.24) is 4.98 Å². The average Bonchev–Trinajstić information content (AvgIpc) is 2.71. The van der Waals surface area contributed by atoms with Crippen molar-refractivity contribution in [2.45, 2.75) is 69.2 Å². The van der Waals surface area contributed by atoms with Crippen LogP contribution in [0.4, 0.5) is 0 Å². The molecule has 0 spiro atoms. The van der Waals surface area contributed by atoms with Crippen LogP contribution in [0.3, 0.4) is 0 Å². The molecule has 0 amide bonds. The predicted octanol–water partition coefficient (Wildman–Crippen LogP) is 8.02. The van der Waals surface area contributed by atoms with Crippen molar-refractivity contribution < 1.29 is 30.0 Å². The van der Waals surface area contributed by atoms with E-state index < -0.39 is 5.41 Å². The molecule has 0 saturated carbocycles. The number of hydrogen-bond acceptors (Lipinski definition) is 3. The van der Waals surface area contributed by atoms with Gasteiger partial charge in [0.1, 0.15) is 5.76 Å². The van der Waals surface area contributed by atoms with Crippen molar-refractivity contribution >= 4 is 16.7 Å². The molecule has 3 nitrogen and oxygen atoms in total. The van der Waals surface area contributed by atoms with Crippen LogP contribution in [0.5, 0.6) is 0 Å². The quantitative estimate of drug-likeness (QED) is 0.176. The average molecular weight is 637 g/mol. The van der Waals surface area contributed by atoms with Gasteiger partial charge in [0.2, 0.25) is 0 Å². The minimum atomic E-state index is -0.417. The number of benzene rings is 2. The van der Waals surface area contributed by atoms with Gasteiger partial charge in [0.05, 0.1) is 5.52 Å². The summed E-state index contributed by atoms with van der Waals surface area (Å²) >= 11 is 0. The summed E-state index contributed by atoms with van der Waals surface area (Å²) in [6.45, 7) is 19.7. The van der Waals surface area contributed by atoms with Crippen LogP contribution in [0.1, 0.15) is 63.8 Å². The number of carbonyl (C=O) groups is 1. The second-order valence-electron chi connectivity index (χ2n) is 10.9. The maximum atomic E-state index is 11.5. The molecule has 3 aromatic rings. The van der Waals surface area contributed by atoms with Crippen molar-refractivity contribution in [3.05, 3.63) is 76.6 Å². The van der Waals surface area contributed by atoms with Crippen LogP contribution in [-0.2, 0) is 24.9 Å². The maximum Gasteiger partial charge on any atom is 0.164 e. The Hall–Kier alpha value is -2.29. The maximum absolute atomic E-state index is 11.5. The molecule has 0 saturated heterocycles. The zero-order chi connectivity index (χ0) is 25.1. The van der Waals surface area contributed by atoms with Crippen LogP contribution in [0.2, 0.25) is 0 Å². The van der Waals surface area contributed by atoms with Crippen LogP contribution in [0.25, 0.3) is 22.2 Å². The molecule has 1 radical (unpaired) electrons. The molecule has 0 bridgehead atoms. The summed E-state index contributed by atoms with van der Waals surface area (Å²) < 4.78 is 0. The first kappa shape index (κ1) is 29.7. The number of rotatable bonds is 2. The molecule has 0 aliphatic heterocycles. The topological polar surface area (TPSA) is 50.2 Å². The Balaban J connectivity index is 0.000000364. The number of allylic oxidation sites excluding steroid dienone is 2. The van der Waals surface area contributed by atoms with Gasteiger partial charge in [-0.15, -0.1) is 34.4 Å². The van der Waals surface area contributed by atoms with E-state index in [0.717, 1.165) is 16.8 Å². The zero-order valence-corrected chi connectivity index (χ0v) is 24.6. The molecule has 4 heteroatoms. The second-order valence-corrected chi connectivity index (χ2v) is 10.9. The number of fused-ring (bicyclic) bond motifs is 1. The SMILES string of the molecule is CC(C)(C)C(=O)/C=C(\O)C(C)(C)C.Cc1ccc2nc(-c3[c-]cc(C)c(C)c3C)ccc2c1.[Ir]. The number of aryl methyl sites for hydroxylation is 2. The van der Waals surface area contributed by atoms with Crippen molar-refractivity contribution in [3.8, 4) is 11.3 Å². The molecule has 0 aliphatic carbocycles.